The maximum absolute atomic E-state index is 12.1. The zero-order valence-corrected chi connectivity index (χ0v) is 14.2. The molecule has 1 N–H and O–H groups in total. The molecule has 1 amide bonds. The van der Waals surface area contributed by atoms with Gasteiger partial charge < -0.3 is 5.32 Å². The van der Waals surface area contributed by atoms with E-state index < -0.39 is 0 Å². The van der Waals surface area contributed by atoms with Gasteiger partial charge in [0.25, 0.3) is 5.91 Å². The molecular weight excluding hydrogens is 475 g/mol. The number of anilines is 1. The first-order valence-electron chi connectivity index (χ1n) is 5.09. The SMILES string of the molecule is O=C(Nc1ccc(Cl)cc1I)c1ccccc1I. The molecule has 92 valence electrons. The number of halogens is 3. The number of nitrogens with one attached hydrogen (secondary N) is 1. The molecule has 0 spiro atoms. The quantitative estimate of drug-likeness (QED) is 0.611. The smallest absolute Gasteiger partial charge is 0.256 e. The lowest BCUT2D eigenvalue weighted by Gasteiger charge is -2.08. The number of rotatable bonds is 2. The van der Waals surface area contributed by atoms with Gasteiger partial charge in [0.05, 0.1) is 11.3 Å². The molecule has 0 aliphatic rings. The van der Waals surface area contributed by atoms with Crippen molar-refractivity contribution in [1.29, 1.82) is 0 Å². The van der Waals surface area contributed by atoms with Crippen LogP contribution in [0.3, 0.4) is 0 Å². The summed E-state index contributed by atoms with van der Waals surface area (Å²) in [5, 5.41) is 3.54. The molecule has 0 radical (unpaired) electrons. The first-order valence-corrected chi connectivity index (χ1v) is 7.62. The van der Waals surface area contributed by atoms with Crippen molar-refractivity contribution in [2.24, 2.45) is 0 Å². The van der Waals surface area contributed by atoms with Gasteiger partial charge >= 0.3 is 0 Å². The van der Waals surface area contributed by atoms with Crippen molar-refractivity contribution < 1.29 is 4.79 Å². The highest BCUT2D eigenvalue weighted by molar-refractivity contribution is 14.1. The molecule has 0 saturated heterocycles. The minimum atomic E-state index is -0.111. The third kappa shape index (κ3) is 3.36. The van der Waals surface area contributed by atoms with Gasteiger partial charge in [-0.3, -0.25) is 4.79 Å². The molecule has 2 nitrogen and oxygen atoms in total. The first-order chi connectivity index (χ1) is 8.58. The Labute approximate surface area is 137 Å². The molecular formula is C13H8ClI2NO. The average Bonchev–Trinajstić information content (AvgIpc) is 2.33. The van der Waals surface area contributed by atoms with Crippen LogP contribution in [-0.2, 0) is 0 Å². The van der Waals surface area contributed by atoms with Gasteiger partial charge in [0.1, 0.15) is 0 Å². The fourth-order valence-corrected chi connectivity index (χ4v) is 3.06. The second kappa shape index (κ2) is 6.21. The maximum atomic E-state index is 12.1. The van der Waals surface area contributed by atoms with Crippen LogP contribution in [0.15, 0.2) is 42.5 Å². The van der Waals surface area contributed by atoms with E-state index in [-0.39, 0.29) is 5.91 Å². The number of carbonyl (C=O) groups is 1. The highest BCUT2D eigenvalue weighted by Crippen LogP contribution is 2.23. The highest BCUT2D eigenvalue weighted by Gasteiger charge is 2.10. The number of benzene rings is 2. The zero-order chi connectivity index (χ0) is 13.1. The molecule has 0 aromatic heterocycles. The molecule has 0 aliphatic carbocycles. The zero-order valence-electron chi connectivity index (χ0n) is 9.08. The highest BCUT2D eigenvalue weighted by atomic mass is 127. The molecule has 0 heterocycles. The van der Waals surface area contributed by atoms with Crippen LogP contribution in [0.4, 0.5) is 5.69 Å². The van der Waals surface area contributed by atoms with E-state index in [2.05, 4.69) is 50.5 Å². The van der Waals surface area contributed by atoms with Crippen LogP contribution in [0.25, 0.3) is 0 Å². The predicted octanol–water partition coefficient (Wildman–Crippen LogP) is 4.80. The average molecular weight is 483 g/mol. The van der Waals surface area contributed by atoms with Crippen LogP contribution in [0, 0.1) is 7.14 Å². The molecule has 5 heteroatoms. The van der Waals surface area contributed by atoms with Crippen molar-refractivity contribution in [1.82, 2.24) is 0 Å². The molecule has 0 fully saturated rings. The van der Waals surface area contributed by atoms with Crippen LogP contribution in [0.5, 0.6) is 0 Å². The van der Waals surface area contributed by atoms with Crippen LogP contribution in [0.1, 0.15) is 10.4 Å². The first kappa shape index (κ1) is 14.1. The summed E-state index contributed by atoms with van der Waals surface area (Å²) in [4.78, 5) is 12.1. The van der Waals surface area contributed by atoms with E-state index in [0.29, 0.717) is 10.6 Å². The normalized spacial score (nSPS) is 10.2. The van der Waals surface area contributed by atoms with Gasteiger partial charge in [-0.1, -0.05) is 23.7 Å². The molecule has 0 unspecified atom stereocenters. The summed E-state index contributed by atoms with van der Waals surface area (Å²) in [6, 6.07) is 12.8. The van der Waals surface area contributed by atoms with Crippen LogP contribution in [-0.4, -0.2) is 5.91 Å². The number of carbonyl (C=O) groups excluding carboxylic acids is 1. The van der Waals surface area contributed by atoms with Gasteiger partial charge in [0.2, 0.25) is 0 Å². The van der Waals surface area contributed by atoms with Crippen LogP contribution < -0.4 is 5.32 Å². The van der Waals surface area contributed by atoms with Crippen LogP contribution >= 0.6 is 56.8 Å². The van der Waals surface area contributed by atoms with Crippen molar-refractivity contribution in [3.8, 4) is 0 Å². The van der Waals surface area contributed by atoms with Gasteiger partial charge in [-0.2, -0.15) is 0 Å². The Kier molecular flexibility index (Phi) is 4.85. The lowest BCUT2D eigenvalue weighted by atomic mass is 10.2. The lowest BCUT2D eigenvalue weighted by molar-refractivity contribution is 0.102. The maximum Gasteiger partial charge on any atom is 0.256 e. The summed E-state index contributed by atoms with van der Waals surface area (Å²) < 4.78 is 1.84. The van der Waals surface area contributed by atoms with Crippen molar-refractivity contribution in [3.63, 3.8) is 0 Å². The fraction of sp³-hybridized carbons (Fsp3) is 0. The minimum absolute atomic E-state index is 0.111. The molecule has 0 atom stereocenters. The van der Waals surface area contributed by atoms with E-state index in [1.807, 2.05) is 24.3 Å². The van der Waals surface area contributed by atoms with E-state index >= 15 is 0 Å². The number of amides is 1. The summed E-state index contributed by atoms with van der Waals surface area (Å²) in [5.74, 6) is -0.111. The van der Waals surface area contributed by atoms with Crippen LogP contribution in [0.2, 0.25) is 5.02 Å². The molecule has 18 heavy (non-hydrogen) atoms. The van der Waals surface area contributed by atoms with Gasteiger partial charge in [-0.25, -0.2) is 0 Å². The number of hydrogen-bond acceptors (Lipinski definition) is 1. The Morgan fingerprint density at radius 2 is 1.78 bits per heavy atom. The van der Waals surface area contributed by atoms with Gasteiger partial charge in [-0.05, 0) is 75.5 Å². The standard InChI is InChI=1S/C13H8ClI2NO/c14-8-5-6-12(11(16)7-8)17-13(18)9-3-1-2-4-10(9)15/h1-7H,(H,17,18). The Morgan fingerprint density at radius 1 is 1.06 bits per heavy atom. The summed E-state index contributed by atoms with van der Waals surface area (Å²) in [6.07, 6.45) is 0. The molecule has 0 aliphatic heterocycles. The van der Waals surface area contributed by atoms with Crippen molar-refractivity contribution >= 4 is 68.4 Å². The van der Waals surface area contributed by atoms with E-state index in [0.717, 1.165) is 12.8 Å². The van der Waals surface area contributed by atoms with E-state index in [1.54, 1.807) is 18.2 Å². The Morgan fingerprint density at radius 3 is 2.44 bits per heavy atom. The molecule has 0 bridgehead atoms. The van der Waals surface area contributed by atoms with Gasteiger partial charge in [0, 0.05) is 12.2 Å². The monoisotopic (exact) mass is 483 g/mol. The van der Waals surface area contributed by atoms with E-state index in [9.17, 15) is 4.79 Å². The fourth-order valence-electron chi connectivity index (χ4n) is 1.43. The van der Waals surface area contributed by atoms with Crippen molar-refractivity contribution in [2.75, 3.05) is 5.32 Å². The van der Waals surface area contributed by atoms with Crippen molar-refractivity contribution in [3.05, 3.63) is 60.2 Å². The second-order valence-corrected chi connectivity index (χ2v) is 6.32. The van der Waals surface area contributed by atoms with Gasteiger partial charge in [-0.15, -0.1) is 0 Å². The predicted molar refractivity (Wildman–Crippen MR) is 91.3 cm³/mol. The second-order valence-electron chi connectivity index (χ2n) is 3.56. The van der Waals surface area contributed by atoms with E-state index in [4.69, 9.17) is 11.6 Å². The largest absolute Gasteiger partial charge is 0.321 e. The summed E-state index contributed by atoms with van der Waals surface area (Å²) >= 11 is 10.2. The summed E-state index contributed by atoms with van der Waals surface area (Å²) in [5.41, 5.74) is 1.44. The minimum Gasteiger partial charge on any atom is -0.321 e. The third-order valence-electron chi connectivity index (χ3n) is 2.30. The van der Waals surface area contributed by atoms with Gasteiger partial charge in [0.15, 0.2) is 0 Å². The Hall–Kier alpha value is -0.340. The molecule has 2 aromatic carbocycles. The Balaban J connectivity index is 2.24. The lowest BCUT2D eigenvalue weighted by Crippen LogP contribution is -2.14. The summed E-state index contributed by atoms with van der Waals surface area (Å²) in [6.45, 7) is 0. The number of hydrogen-bond donors (Lipinski definition) is 1. The third-order valence-corrected chi connectivity index (χ3v) is 4.37. The topological polar surface area (TPSA) is 29.1 Å². The molecule has 2 rings (SSSR count). The van der Waals surface area contributed by atoms with E-state index in [1.165, 1.54) is 0 Å². The molecule has 2 aromatic rings. The Bertz CT molecular complexity index is 601. The van der Waals surface area contributed by atoms with Crippen molar-refractivity contribution in [2.45, 2.75) is 0 Å². The summed E-state index contributed by atoms with van der Waals surface area (Å²) in [7, 11) is 0. The molecule has 0 saturated carbocycles.